The Morgan fingerprint density at radius 2 is 1.87 bits per heavy atom. The average Bonchev–Trinajstić information content (AvgIpc) is 3.43. The summed E-state index contributed by atoms with van der Waals surface area (Å²) in [5, 5.41) is 3.63. The zero-order chi connectivity index (χ0) is 21.3. The van der Waals surface area contributed by atoms with E-state index in [4.69, 9.17) is 14.0 Å². The van der Waals surface area contributed by atoms with Gasteiger partial charge in [0, 0.05) is 28.7 Å². The quantitative estimate of drug-likeness (QED) is 0.438. The predicted octanol–water partition coefficient (Wildman–Crippen LogP) is 3.68. The second-order valence-electron chi connectivity index (χ2n) is 7.58. The van der Waals surface area contributed by atoms with E-state index in [1.165, 1.54) is 17.5 Å². The summed E-state index contributed by atoms with van der Waals surface area (Å²) < 4.78 is 17.2. The number of hydrogen-bond donors (Lipinski definition) is 0. The molecule has 0 saturated heterocycles. The molecule has 0 fully saturated rings. The highest BCUT2D eigenvalue weighted by Crippen LogP contribution is 2.27. The van der Waals surface area contributed by atoms with Gasteiger partial charge in [0.25, 0.3) is 5.88 Å². The third-order valence-corrected chi connectivity index (χ3v) is 5.38. The molecule has 0 bridgehead atoms. The van der Waals surface area contributed by atoms with Crippen LogP contribution in [0, 0.1) is 20.8 Å². The van der Waals surface area contributed by atoms with Crippen LogP contribution in [-0.2, 0) is 22.4 Å². The lowest BCUT2D eigenvalue weighted by atomic mass is 10.1. The zero-order valence-corrected chi connectivity index (χ0v) is 17.4. The standard InChI is InChI=1S/C23H24N2O5/c1-14-9-20(16(3)25(14)19-8-7-17-5-4-6-18(17)11-19)21(26)12-29-23(27)13-28-22-10-15(2)30-24-22/h7-11H,4-6,12-13H2,1-3H3. The molecule has 1 aromatic carbocycles. The maximum absolute atomic E-state index is 12.7. The number of carbonyl (C=O) groups excluding carboxylic acids is 2. The Morgan fingerprint density at radius 1 is 1.07 bits per heavy atom. The minimum atomic E-state index is -0.642. The van der Waals surface area contributed by atoms with E-state index < -0.39 is 5.97 Å². The highest BCUT2D eigenvalue weighted by molar-refractivity contribution is 5.99. The Labute approximate surface area is 174 Å². The minimum absolute atomic E-state index is 0.202. The Hall–Kier alpha value is -3.35. The summed E-state index contributed by atoms with van der Waals surface area (Å²) in [6, 6.07) is 9.89. The number of nitrogens with zero attached hydrogens (tertiary/aromatic N) is 2. The van der Waals surface area contributed by atoms with Crippen LogP contribution in [0.15, 0.2) is 34.9 Å². The molecule has 0 radical (unpaired) electrons. The number of esters is 1. The smallest absolute Gasteiger partial charge is 0.344 e. The zero-order valence-electron chi connectivity index (χ0n) is 17.4. The number of carbonyl (C=O) groups is 2. The first-order chi connectivity index (χ1) is 14.4. The molecular weight excluding hydrogens is 384 g/mol. The fourth-order valence-corrected chi connectivity index (χ4v) is 3.95. The van der Waals surface area contributed by atoms with Crippen LogP contribution >= 0.6 is 0 Å². The number of Topliss-reactive ketones (excluding diaryl/α,β-unsaturated/α-hetero) is 1. The van der Waals surface area contributed by atoms with Crippen molar-refractivity contribution in [2.75, 3.05) is 13.2 Å². The number of ether oxygens (including phenoxy) is 2. The molecule has 156 valence electrons. The average molecular weight is 408 g/mol. The van der Waals surface area contributed by atoms with Crippen molar-refractivity contribution in [2.24, 2.45) is 0 Å². The van der Waals surface area contributed by atoms with Crippen molar-refractivity contribution in [1.29, 1.82) is 0 Å². The van der Waals surface area contributed by atoms with Gasteiger partial charge in [-0.25, -0.2) is 4.79 Å². The van der Waals surface area contributed by atoms with E-state index in [0.29, 0.717) is 11.3 Å². The lowest BCUT2D eigenvalue weighted by Gasteiger charge is -2.12. The van der Waals surface area contributed by atoms with E-state index in [9.17, 15) is 9.59 Å². The SMILES string of the molecule is Cc1cc(OCC(=O)OCC(=O)c2cc(C)n(-c3ccc4c(c3)CCC4)c2C)no1. The van der Waals surface area contributed by atoms with Crippen LogP contribution < -0.4 is 4.74 Å². The Bertz CT molecular complexity index is 1110. The van der Waals surface area contributed by atoms with Gasteiger partial charge in [0.1, 0.15) is 5.76 Å². The van der Waals surface area contributed by atoms with E-state index >= 15 is 0 Å². The molecule has 2 aromatic heterocycles. The lowest BCUT2D eigenvalue weighted by Crippen LogP contribution is -2.20. The summed E-state index contributed by atoms with van der Waals surface area (Å²) in [7, 11) is 0. The number of aromatic nitrogens is 2. The van der Waals surface area contributed by atoms with Crippen molar-refractivity contribution >= 4 is 11.8 Å². The van der Waals surface area contributed by atoms with Gasteiger partial charge >= 0.3 is 5.97 Å². The molecule has 0 saturated carbocycles. The van der Waals surface area contributed by atoms with Crippen molar-refractivity contribution in [2.45, 2.75) is 40.0 Å². The highest BCUT2D eigenvalue weighted by Gasteiger charge is 2.20. The molecule has 3 aromatic rings. The van der Waals surface area contributed by atoms with Crippen molar-refractivity contribution in [1.82, 2.24) is 9.72 Å². The molecule has 7 nitrogen and oxygen atoms in total. The van der Waals surface area contributed by atoms with Crippen LogP contribution in [0.25, 0.3) is 5.69 Å². The minimum Gasteiger partial charge on any atom is -0.463 e. The summed E-state index contributed by atoms with van der Waals surface area (Å²) in [5.74, 6) is -0.112. The van der Waals surface area contributed by atoms with Crippen LogP contribution in [0.5, 0.6) is 5.88 Å². The molecule has 30 heavy (non-hydrogen) atoms. The first-order valence-corrected chi connectivity index (χ1v) is 9.98. The highest BCUT2D eigenvalue weighted by atomic mass is 16.6. The molecule has 0 N–H and O–H groups in total. The lowest BCUT2D eigenvalue weighted by molar-refractivity contribution is -0.144. The summed E-state index contributed by atoms with van der Waals surface area (Å²) in [5.41, 5.74) is 6.19. The molecule has 4 rings (SSSR count). The first-order valence-electron chi connectivity index (χ1n) is 9.98. The number of ketones is 1. The van der Waals surface area contributed by atoms with Gasteiger partial charge in [-0.2, -0.15) is 0 Å². The van der Waals surface area contributed by atoms with Gasteiger partial charge in [0.05, 0.1) is 0 Å². The van der Waals surface area contributed by atoms with Gasteiger partial charge in [-0.1, -0.05) is 6.07 Å². The first kappa shape index (κ1) is 19.9. The molecule has 0 atom stereocenters. The van der Waals surface area contributed by atoms with Crippen molar-refractivity contribution < 1.29 is 23.6 Å². The van der Waals surface area contributed by atoms with Gasteiger partial charge < -0.3 is 18.6 Å². The number of rotatable bonds is 7. The van der Waals surface area contributed by atoms with Gasteiger partial charge in [0.15, 0.2) is 13.2 Å². The molecule has 7 heteroatoms. The molecule has 0 amide bonds. The Balaban J connectivity index is 1.41. The third kappa shape index (κ3) is 4.01. The van der Waals surface area contributed by atoms with Crippen molar-refractivity contribution in [3.63, 3.8) is 0 Å². The van der Waals surface area contributed by atoms with Crippen molar-refractivity contribution in [3.8, 4) is 11.6 Å². The monoisotopic (exact) mass is 408 g/mol. The van der Waals surface area contributed by atoms with Gasteiger partial charge in [0.2, 0.25) is 5.78 Å². The predicted molar refractivity (Wildman–Crippen MR) is 109 cm³/mol. The summed E-state index contributed by atoms with van der Waals surface area (Å²) in [6.45, 7) is 4.92. The van der Waals surface area contributed by atoms with E-state index in [-0.39, 0.29) is 24.9 Å². The van der Waals surface area contributed by atoms with E-state index in [0.717, 1.165) is 29.9 Å². The fourth-order valence-electron chi connectivity index (χ4n) is 3.95. The normalized spacial score (nSPS) is 12.6. The molecule has 0 spiro atoms. The second kappa shape index (κ2) is 8.18. The largest absolute Gasteiger partial charge is 0.463 e. The maximum Gasteiger partial charge on any atom is 0.344 e. The Kier molecular flexibility index (Phi) is 5.44. The molecule has 1 aliphatic rings. The van der Waals surface area contributed by atoms with Crippen molar-refractivity contribution in [3.05, 3.63) is 64.2 Å². The number of hydrogen-bond acceptors (Lipinski definition) is 6. The molecule has 1 aliphatic carbocycles. The summed E-state index contributed by atoms with van der Waals surface area (Å²) >= 11 is 0. The molecular formula is C23H24N2O5. The fraction of sp³-hybridized carbons (Fsp3) is 0.348. The van der Waals surface area contributed by atoms with Gasteiger partial charge in [-0.3, -0.25) is 4.79 Å². The van der Waals surface area contributed by atoms with Gasteiger partial charge in [-0.15, -0.1) is 0 Å². The Morgan fingerprint density at radius 3 is 2.63 bits per heavy atom. The van der Waals surface area contributed by atoms with Crippen LogP contribution in [0.2, 0.25) is 0 Å². The van der Waals surface area contributed by atoms with Gasteiger partial charge in [-0.05, 0) is 74.5 Å². The van der Waals surface area contributed by atoms with Crippen LogP contribution in [0.1, 0.15) is 45.1 Å². The number of benzene rings is 1. The molecule has 2 heterocycles. The second-order valence-corrected chi connectivity index (χ2v) is 7.58. The van der Waals surface area contributed by atoms with Crippen LogP contribution in [0.4, 0.5) is 0 Å². The van der Waals surface area contributed by atoms with E-state index in [1.807, 2.05) is 19.9 Å². The number of fused-ring (bicyclic) bond motifs is 1. The maximum atomic E-state index is 12.7. The summed E-state index contributed by atoms with van der Waals surface area (Å²) in [4.78, 5) is 24.6. The van der Waals surface area contributed by atoms with E-state index in [1.54, 1.807) is 13.0 Å². The van der Waals surface area contributed by atoms with Crippen LogP contribution in [0.3, 0.4) is 0 Å². The topological polar surface area (TPSA) is 83.6 Å². The summed E-state index contributed by atoms with van der Waals surface area (Å²) in [6.07, 6.45) is 3.42. The molecule has 0 aliphatic heterocycles. The third-order valence-electron chi connectivity index (χ3n) is 5.38. The molecule has 0 unspecified atom stereocenters. The van der Waals surface area contributed by atoms with E-state index in [2.05, 4.69) is 27.9 Å². The number of aryl methyl sites for hydroxylation is 4. The van der Waals surface area contributed by atoms with Crippen LogP contribution in [-0.4, -0.2) is 34.7 Å².